The Kier molecular flexibility index (Phi) is 3.91. The van der Waals surface area contributed by atoms with E-state index in [4.69, 9.17) is 0 Å². The molecule has 3 N–H and O–H groups in total. The van der Waals surface area contributed by atoms with Crippen molar-refractivity contribution in [3.05, 3.63) is 24.0 Å². The maximum atomic E-state index is 13.2. The molecule has 124 valence electrons. The number of nitrogens with zero attached hydrogens (tertiary/aromatic N) is 1. The molecule has 2 aromatic heterocycles. The van der Waals surface area contributed by atoms with E-state index in [9.17, 15) is 23.1 Å². The Morgan fingerprint density at radius 1 is 1.35 bits per heavy atom. The number of carboxylic acid groups (broad SMARTS) is 1. The molecule has 3 rings (SSSR count). The highest BCUT2D eigenvalue weighted by Gasteiger charge is 2.45. The molecule has 2 heterocycles. The number of aromatic nitrogens is 2. The van der Waals surface area contributed by atoms with Gasteiger partial charge in [0.15, 0.2) is 0 Å². The lowest BCUT2D eigenvalue weighted by Gasteiger charge is -2.34. The van der Waals surface area contributed by atoms with Crippen LogP contribution in [0.25, 0.3) is 11.0 Å². The van der Waals surface area contributed by atoms with Gasteiger partial charge in [0.05, 0.1) is 11.6 Å². The Labute approximate surface area is 129 Å². The summed E-state index contributed by atoms with van der Waals surface area (Å²) >= 11 is 0. The molecule has 0 aliphatic heterocycles. The minimum absolute atomic E-state index is 0.0605. The molecule has 0 unspecified atom stereocenters. The number of hydrogen-bond acceptors (Lipinski definition) is 3. The van der Waals surface area contributed by atoms with Gasteiger partial charge < -0.3 is 15.4 Å². The molecule has 1 fully saturated rings. The fourth-order valence-electron chi connectivity index (χ4n) is 3.21. The van der Waals surface area contributed by atoms with Gasteiger partial charge in [0.25, 0.3) is 0 Å². The van der Waals surface area contributed by atoms with Gasteiger partial charge in [0.1, 0.15) is 11.2 Å². The zero-order chi connectivity index (χ0) is 16.6. The number of carbonyl (C=O) groups is 1. The molecule has 23 heavy (non-hydrogen) atoms. The third-order valence-corrected chi connectivity index (χ3v) is 4.33. The van der Waals surface area contributed by atoms with Gasteiger partial charge in [-0.15, -0.1) is 0 Å². The van der Waals surface area contributed by atoms with Crippen LogP contribution in [0, 0.1) is 5.92 Å². The van der Waals surface area contributed by atoms with Crippen molar-refractivity contribution < 1.29 is 23.1 Å². The van der Waals surface area contributed by atoms with Gasteiger partial charge in [-0.2, -0.15) is 13.2 Å². The molecule has 0 aromatic carbocycles. The molecular weight excluding hydrogens is 311 g/mol. The molecule has 2 atom stereocenters. The molecule has 5 nitrogen and oxygen atoms in total. The van der Waals surface area contributed by atoms with Crippen LogP contribution in [0.4, 0.5) is 18.9 Å². The Bertz CT molecular complexity index is 726. The summed E-state index contributed by atoms with van der Waals surface area (Å²) in [7, 11) is 0. The molecule has 0 radical (unpaired) electrons. The second-order valence-corrected chi connectivity index (χ2v) is 5.78. The Morgan fingerprint density at radius 3 is 2.78 bits per heavy atom. The number of rotatable bonds is 3. The minimum Gasteiger partial charge on any atom is -0.478 e. The molecule has 2 aromatic rings. The molecular formula is C15H16F3N3O2. The minimum atomic E-state index is -4.30. The highest BCUT2D eigenvalue weighted by Crippen LogP contribution is 2.40. The first-order chi connectivity index (χ1) is 10.9. The van der Waals surface area contributed by atoms with Crippen molar-refractivity contribution in [2.45, 2.75) is 37.9 Å². The van der Waals surface area contributed by atoms with E-state index in [0.29, 0.717) is 30.3 Å². The molecule has 0 amide bonds. The Morgan fingerprint density at radius 2 is 2.09 bits per heavy atom. The number of aromatic carboxylic acids is 1. The first-order valence-corrected chi connectivity index (χ1v) is 7.40. The number of fused-ring (bicyclic) bond motifs is 1. The van der Waals surface area contributed by atoms with E-state index < -0.39 is 24.1 Å². The van der Waals surface area contributed by atoms with Crippen molar-refractivity contribution >= 4 is 22.7 Å². The van der Waals surface area contributed by atoms with Crippen molar-refractivity contribution in [1.82, 2.24) is 9.97 Å². The van der Waals surface area contributed by atoms with Gasteiger partial charge in [0, 0.05) is 23.8 Å². The maximum absolute atomic E-state index is 13.2. The summed E-state index contributed by atoms with van der Waals surface area (Å²) < 4.78 is 39.7. The number of carboxylic acids is 1. The van der Waals surface area contributed by atoms with E-state index >= 15 is 0 Å². The predicted molar refractivity (Wildman–Crippen MR) is 78.5 cm³/mol. The number of anilines is 1. The van der Waals surface area contributed by atoms with E-state index in [-0.39, 0.29) is 17.7 Å². The number of nitrogens with one attached hydrogen (secondary N) is 2. The summed E-state index contributed by atoms with van der Waals surface area (Å²) in [5.41, 5.74) is 0.519. The van der Waals surface area contributed by atoms with Crippen LogP contribution in [0.2, 0.25) is 0 Å². The van der Waals surface area contributed by atoms with E-state index in [2.05, 4.69) is 15.3 Å². The predicted octanol–water partition coefficient (Wildman–Crippen LogP) is 3.79. The fourth-order valence-corrected chi connectivity index (χ4v) is 3.21. The molecule has 0 saturated heterocycles. The molecule has 8 heteroatoms. The lowest BCUT2D eigenvalue weighted by molar-refractivity contribution is -0.184. The van der Waals surface area contributed by atoms with Crippen molar-refractivity contribution in [2.24, 2.45) is 5.92 Å². The van der Waals surface area contributed by atoms with Crippen LogP contribution in [0.5, 0.6) is 0 Å². The van der Waals surface area contributed by atoms with Gasteiger partial charge in [-0.3, -0.25) is 0 Å². The largest absolute Gasteiger partial charge is 0.478 e. The van der Waals surface area contributed by atoms with Crippen molar-refractivity contribution in [3.63, 3.8) is 0 Å². The van der Waals surface area contributed by atoms with Gasteiger partial charge >= 0.3 is 12.1 Å². The van der Waals surface area contributed by atoms with Crippen LogP contribution in [0.1, 0.15) is 36.0 Å². The molecule has 1 aliphatic rings. The third kappa shape index (κ3) is 2.97. The Hall–Kier alpha value is -2.25. The lowest BCUT2D eigenvalue weighted by Crippen LogP contribution is -2.41. The fraction of sp³-hybridized carbons (Fsp3) is 0.467. The summed E-state index contributed by atoms with van der Waals surface area (Å²) in [6, 6.07) is 0.782. The zero-order valence-electron chi connectivity index (χ0n) is 12.2. The average Bonchev–Trinajstić information content (AvgIpc) is 2.95. The molecule has 1 saturated carbocycles. The third-order valence-electron chi connectivity index (χ3n) is 4.33. The van der Waals surface area contributed by atoms with Crippen molar-refractivity contribution in [1.29, 1.82) is 0 Å². The summed E-state index contributed by atoms with van der Waals surface area (Å²) in [5, 5.41) is 12.6. The van der Waals surface area contributed by atoms with Crippen LogP contribution in [0.15, 0.2) is 18.5 Å². The highest BCUT2D eigenvalue weighted by molar-refractivity contribution is 6.03. The quantitative estimate of drug-likeness (QED) is 0.801. The number of alkyl halides is 3. The van der Waals surface area contributed by atoms with E-state index in [1.54, 1.807) is 12.3 Å². The first kappa shape index (κ1) is 15.6. The highest BCUT2D eigenvalue weighted by atomic mass is 19.4. The van der Waals surface area contributed by atoms with Crippen molar-refractivity contribution in [3.8, 4) is 0 Å². The smallest absolute Gasteiger partial charge is 0.393 e. The number of halogens is 3. The SMILES string of the molecule is O=C(O)c1cnc2[nH]ccc2c1N[C@@H]1CCCC[C@@H]1C(F)(F)F. The van der Waals surface area contributed by atoms with E-state index in [0.717, 1.165) is 6.20 Å². The van der Waals surface area contributed by atoms with Gasteiger partial charge in [-0.25, -0.2) is 9.78 Å². The standard InChI is InChI=1S/C15H16F3N3O2/c16-15(17,18)10-3-1-2-4-11(10)21-12-8-5-6-19-13(8)20-7-9(12)14(22)23/h5-7,10-11H,1-4H2,(H,22,23)(H2,19,20,21)/t10-,11+/m0/s1. The summed E-state index contributed by atoms with van der Waals surface area (Å²) in [6.07, 6.45) is 0.0811. The topological polar surface area (TPSA) is 78.0 Å². The Balaban J connectivity index is 2.00. The van der Waals surface area contributed by atoms with Crippen LogP contribution in [-0.2, 0) is 0 Å². The molecule has 0 bridgehead atoms. The van der Waals surface area contributed by atoms with Crippen LogP contribution < -0.4 is 5.32 Å². The molecule has 0 spiro atoms. The monoisotopic (exact) mass is 327 g/mol. The van der Waals surface area contributed by atoms with Gasteiger partial charge in [-0.05, 0) is 18.9 Å². The van der Waals surface area contributed by atoms with Crippen LogP contribution in [0.3, 0.4) is 0 Å². The average molecular weight is 327 g/mol. The summed E-state index contributed by atoms with van der Waals surface area (Å²) in [4.78, 5) is 18.2. The van der Waals surface area contributed by atoms with Crippen LogP contribution in [-0.4, -0.2) is 33.3 Å². The number of hydrogen-bond donors (Lipinski definition) is 3. The second kappa shape index (κ2) is 5.75. The van der Waals surface area contributed by atoms with Crippen molar-refractivity contribution in [2.75, 3.05) is 5.32 Å². The second-order valence-electron chi connectivity index (χ2n) is 5.78. The van der Waals surface area contributed by atoms with E-state index in [1.807, 2.05) is 0 Å². The number of pyridine rings is 1. The first-order valence-electron chi connectivity index (χ1n) is 7.40. The molecule has 1 aliphatic carbocycles. The van der Waals surface area contributed by atoms with E-state index in [1.165, 1.54) is 0 Å². The summed E-state index contributed by atoms with van der Waals surface area (Å²) in [6.45, 7) is 0. The maximum Gasteiger partial charge on any atom is 0.393 e. The van der Waals surface area contributed by atoms with Gasteiger partial charge in [0.2, 0.25) is 0 Å². The zero-order valence-corrected chi connectivity index (χ0v) is 12.2. The number of H-pyrrole nitrogens is 1. The summed E-state index contributed by atoms with van der Waals surface area (Å²) in [5.74, 6) is -2.69. The normalized spacial score (nSPS) is 22.2. The van der Waals surface area contributed by atoms with Gasteiger partial charge in [-0.1, -0.05) is 12.8 Å². The number of aromatic amines is 1. The van der Waals surface area contributed by atoms with Crippen LogP contribution >= 0.6 is 0 Å². The lowest BCUT2D eigenvalue weighted by atomic mass is 9.83.